The third-order valence-electron chi connectivity index (χ3n) is 2.87. The van der Waals surface area contributed by atoms with Crippen LogP contribution < -0.4 is 10.4 Å². The van der Waals surface area contributed by atoms with Crippen LogP contribution in [0, 0.1) is 11.2 Å². The fraction of sp³-hybridized carbons (Fsp3) is 0.250. The zero-order valence-corrected chi connectivity index (χ0v) is 9.25. The standard InChI is InChI=1S/C12H13FN2O/c1-8-12(2,3)11(16)14-15(8)10-7-5-4-6-9(10)13/h4-7H,1H2,2-3H3,(H,14,16). The summed E-state index contributed by atoms with van der Waals surface area (Å²) < 4.78 is 13.6. The second kappa shape index (κ2) is 3.33. The van der Waals surface area contributed by atoms with Crippen LogP contribution in [0.15, 0.2) is 36.5 Å². The highest BCUT2D eigenvalue weighted by Gasteiger charge is 2.42. The Morgan fingerprint density at radius 1 is 1.38 bits per heavy atom. The first-order valence-corrected chi connectivity index (χ1v) is 4.99. The Bertz CT molecular complexity index is 468. The van der Waals surface area contributed by atoms with E-state index in [2.05, 4.69) is 12.0 Å². The van der Waals surface area contributed by atoms with Crippen LogP contribution in [0.4, 0.5) is 10.1 Å². The Hall–Kier alpha value is -1.84. The maximum absolute atomic E-state index is 13.6. The molecule has 0 radical (unpaired) electrons. The number of benzene rings is 1. The van der Waals surface area contributed by atoms with Gasteiger partial charge in [0.15, 0.2) is 0 Å². The first kappa shape index (κ1) is 10.7. The number of carbonyl (C=O) groups excluding carboxylic acids is 1. The largest absolute Gasteiger partial charge is 0.272 e. The Kier molecular flexibility index (Phi) is 2.22. The fourth-order valence-corrected chi connectivity index (χ4v) is 1.56. The second-order valence-electron chi connectivity index (χ2n) is 4.30. The molecule has 0 atom stereocenters. The van der Waals surface area contributed by atoms with Crippen LogP contribution in [0.5, 0.6) is 0 Å². The zero-order chi connectivity index (χ0) is 11.9. The molecule has 0 unspecified atom stereocenters. The van der Waals surface area contributed by atoms with Gasteiger partial charge in [-0.1, -0.05) is 18.7 Å². The van der Waals surface area contributed by atoms with E-state index in [0.717, 1.165) is 0 Å². The summed E-state index contributed by atoms with van der Waals surface area (Å²) in [6, 6.07) is 6.26. The van der Waals surface area contributed by atoms with E-state index in [9.17, 15) is 9.18 Å². The molecule has 0 spiro atoms. The van der Waals surface area contributed by atoms with Gasteiger partial charge in [-0.2, -0.15) is 0 Å². The predicted molar refractivity (Wildman–Crippen MR) is 59.9 cm³/mol. The molecule has 1 fully saturated rings. The number of carbonyl (C=O) groups is 1. The van der Waals surface area contributed by atoms with Crippen LogP contribution in [0.2, 0.25) is 0 Å². The molecule has 0 aromatic heterocycles. The van der Waals surface area contributed by atoms with Gasteiger partial charge in [-0.15, -0.1) is 0 Å². The van der Waals surface area contributed by atoms with Gasteiger partial charge >= 0.3 is 0 Å². The van der Waals surface area contributed by atoms with Crippen LogP contribution in [0.1, 0.15) is 13.8 Å². The smallest absolute Gasteiger partial charge is 0.250 e. The first-order valence-electron chi connectivity index (χ1n) is 4.99. The number of hydrogen-bond acceptors (Lipinski definition) is 2. The van der Waals surface area contributed by atoms with Crippen molar-refractivity contribution in [2.75, 3.05) is 5.01 Å². The van der Waals surface area contributed by atoms with Crippen molar-refractivity contribution in [3.63, 3.8) is 0 Å². The summed E-state index contributed by atoms with van der Waals surface area (Å²) in [4.78, 5) is 11.7. The van der Waals surface area contributed by atoms with Gasteiger partial charge in [0.1, 0.15) is 5.82 Å². The topological polar surface area (TPSA) is 32.3 Å². The van der Waals surface area contributed by atoms with Gasteiger partial charge in [-0.05, 0) is 26.0 Å². The summed E-state index contributed by atoms with van der Waals surface area (Å²) >= 11 is 0. The maximum Gasteiger partial charge on any atom is 0.250 e. The number of amides is 1. The number of para-hydroxylation sites is 1. The molecular formula is C12H13FN2O. The number of rotatable bonds is 1. The third-order valence-corrected chi connectivity index (χ3v) is 2.87. The van der Waals surface area contributed by atoms with E-state index >= 15 is 0 Å². The van der Waals surface area contributed by atoms with Gasteiger partial charge in [-0.3, -0.25) is 15.2 Å². The molecule has 1 amide bonds. The molecule has 1 aromatic rings. The van der Waals surface area contributed by atoms with E-state index in [1.807, 2.05) is 0 Å². The number of nitrogens with one attached hydrogen (secondary N) is 1. The molecule has 1 saturated heterocycles. The number of hydrogen-bond donors (Lipinski definition) is 1. The van der Waals surface area contributed by atoms with Gasteiger partial charge in [0, 0.05) is 5.70 Å². The highest BCUT2D eigenvalue weighted by Crippen LogP contribution is 2.36. The van der Waals surface area contributed by atoms with E-state index in [-0.39, 0.29) is 11.7 Å². The molecule has 1 heterocycles. The SMILES string of the molecule is C=C1N(c2ccccc2F)NC(=O)C1(C)C. The van der Waals surface area contributed by atoms with Crippen molar-refractivity contribution in [2.24, 2.45) is 5.41 Å². The quantitative estimate of drug-likeness (QED) is 0.787. The molecule has 84 valence electrons. The zero-order valence-electron chi connectivity index (χ0n) is 9.25. The van der Waals surface area contributed by atoms with Crippen LogP contribution in [-0.2, 0) is 4.79 Å². The summed E-state index contributed by atoms with van der Waals surface area (Å²) in [5.41, 5.74) is 2.76. The molecule has 0 bridgehead atoms. The average Bonchev–Trinajstić information content (AvgIpc) is 2.43. The van der Waals surface area contributed by atoms with Gasteiger partial charge in [-0.25, -0.2) is 4.39 Å². The number of nitrogens with zero attached hydrogens (tertiary/aromatic N) is 1. The fourth-order valence-electron chi connectivity index (χ4n) is 1.56. The lowest BCUT2D eigenvalue weighted by atomic mass is 9.90. The number of hydrazine groups is 1. The lowest BCUT2D eigenvalue weighted by Gasteiger charge is -2.21. The Morgan fingerprint density at radius 3 is 2.50 bits per heavy atom. The van der Waals surface area contributed by atoms with E-state index in [0.29, 0.717) is 11.4 Å². The first-order chi connectivity index (χ1) is 7.44. The van der Waals surface area contributed by atoms with Gasteiger partial charge < -0.3 is 0 Å². The lowest BCUT2D eigenvalue weighted by molar-refractivity contribution is -0.125. The Balaban J connectivity index is 2.43. The van der Waals surface area contributed by atoms with Crippen LogP contribution in [-0.4, -0.2) is 5.91 Å². The molecule has 0 aliphatic carbocycles. The molecule has 16 heavy (non-hydrogen) atoms. The van der Waals surface area contributed by atoms with Crippen molar-refractivity contribution in [3.8, 4) is 0 Å². The molecule has 1 aromatic carbocycles. The Morgan fingerprint density at radius 2 is 2.00 bits per heavy atom. The van der Waals surface area contributed by atoms with Crippen molar-refractivity contribution in [2.45, 2.75) is 13.8 Å². The van der Waals surface area contributed by atoms with Gasteiger partial charge in [0.05, 0.1) is 11.1 Å². The summed E-state index contributed by atoms with van der Waals surface area (Å²) in [6.45, 7) is 7.34. The normalized spacial score (nSPS) is 18.8. The molecule has 2 rings (SSSR count). The second-order valence-corrected chi connectivity index (χ2v) is 4.30. The minimum Gasteiger partial charge on any atom is -0.272 e. The van der Waals surface area contributed by atoms with E-state index in [4.69, 9.17) is 0 Å². The molecule has 4 heteroatoms. The highest BCUT2D eigenvalue weighted by atomic mass is 19.1. The van der Waals surface area contributed by atoms with Crippen molar-refractivity contribution in [1.82, 2.24) is 5.43 Å². The molecule has 3 nitrogen and oxygen atoms in total. The third kappa shape index (κ3) is 1.38. The monoisotopic (exact) mass is 220 g/mol. The maximum atomic E-state index is 13.6. The van der Waals surface area contributed by atoms with Crippen molar-refractivity contribution in [3.05, 3.63) is 42.4 Å². The summed E-state index contributed by atoms with van der Waals surface area (Å²) in [6.07, 6.45) is 0. The van der Waals surface area contributed by atoms with E-state index in [1.54, 1.807) is 32.0 Å². The highest BCUT2D eigenvalue weighted by molar-refractivity contribution is 5.92. The van der Waals surface area contributed by atoms with Crippen LogP contribution in [0.25, 0.3) is 0 Å². The number of halogens is 1. The van der Waals surface area contributed by atoms with Crippen molar-refractivity contribution in [1.29, 1.82) is 0 Å². The number of anilines is 1. The van der Waals surface area contributed by atoms with Crippen molar-refractivity contribution < 1.29 is 9.18 Å². The minimum absolute atomic E-state index is 0.180. The molecule has 0 saturated carbocycles. The predicted octanol–water partition coefficient (Wildman–Crippen LogP) is 2.22. The van der Waals surface area contributed by atoms with Crippen LogP contribution in [0.3, 0.4) is 0 Å². The van der Waals surface area contributed by atoms with Crippen molar-refractivity contribution >= 4 is 11.6 Å². The summed E-state index contributed by atoms with van der Waals surface area (Å²) in [5.74, 6) is -0.567. The van der Waals surface area contributed by atoms with Crippen LogP contribution >= 0.6 is 0 Å². The molecule has 1 aliphatic heterocycles. The van der Waals surface area contributed by atoms with Gasteiger partial charge in [0.2, 0.25) is 5.91 Å². The molecule has 1 N–H and O–H groups in total. The molecular weight excluding hydrogens is 207 g/mol. The van der Waals surface area contributed by atoms with E-state index < -0.39 is 5.41 Å². The molecule has 1 aliphatic rings. The average molecular weight is 220 g/mol. The Labute approximate surface area is 93.5 Å². The van der Waals surface area contributed by atoms with Gasteiger partial charge in [0.25, 0.3) is 0 Å². The summed E-state index contributed by atoms with van der Waals surface area (Å²) in [7, 11) is 0. The van der Waals surface area contributed by atoms with E-state index in [1.165, 1.54) is 11.1 Å². The summed E-state index contributed by atoms with van der Waals surface area (Å²) in [5, 5.41) is 1.40. The minimum atomic E-state index is -0.706. The lowest BCUT2D eigenvalue weighted by Crippen LogP contribution is -2.33.